The first kappa shape index (κ1) is 3.40. The molecule has 0 unspecified atom stereocenters. The molecule has 1 aromatic rings. The summed E-state index contributed by atoms with van der Waals surface area (Å²) in [6.07, 6.45) is 3.35. The molecule has 0 saturated heterocycles. The zero-order chi connectivity index (χ0) is 4.41. The molecule has 32 valence electrons. The van der Waals surface area contributed by atoms with Crippen molar-refractivity contribution in [2.45, 2.75) is 6.92 Å². The minimum Gasteiger partial charge on any atom is -0.447 e. The van der Waals surface area contributed by atoms with E-state index in [0.717, 1.165) is 5.82 Å². The number of imidazole rings is 1. The molecule has 2 nitrogen and oxygen atoms in total. The van der Waals surface area contributed by atoms with Crippen LogP contribution in [-0.2, 0) is 0 Å². The Kier molecular flexibility index (Phi) is 0.638. The van der Waals surface area contributed by atoms with E-state index in [2.05, 4.69) is 9.97 Å². The van der Waals surface area contributed by atoms with E-state index in [-0.39, 0.29) is 0 Å². The molecule has 0 saturated carbocycles. The van der Waals surface area contributed by atoms with Crippen LogP contribution in [0, 0.1) is 6.92 Å². The van der Waals surface area contributed by atoms with E-state index in [1.807, 2.05) is 6.92 Å². The van der Waals surface area contributed by atoms with Crippen molar-refractivity contribution in [3.05, 3.63) is 18.2 Å². The summed E-state index contributed by atoms with van der Waals surface area (Å²) in [6, 6.07) is 0. The van der Waals surface area contributed by atoms with Crippen molar-refractivity contribution in [3.63, 3.8) is 0 Å². The number of rotatable bonds is 0. The first-order valence-electron chi connectivity index (χ1n) is 1.80. The van der Waals surface area contributed by atoms with E-state index in [4.69, 9.17) is 0 Å². The molecular weight excluding hydrogens is 76.1 g/mol. The van der Waals surface area contributed by atoms with E-state index in [9.17, 15) is 0 Å². The third-order valence-corrected chi connectivity index (χ3v) is 0.589. The van der Waals surface area contributed by atoms with E-state index < -0.39 is 0 Å². The van der Waals surface area contributed by atoms with Crippen molar-refractivity contribution in [1.29, 1.82) is 0 Å². The fraction of sp³-hybridized carbons (Fsp3) is 0.250. The lowest BCUT2D eigenvalue weighted by molar-refractivity contribution is 1.13. The molecule has 6 heavy (non-hydrogen) atoms. The van der Waals surface area contributed by atoms with Crippen LogP contribution in [-0.4, -0.2) is 4.98 Å². The van der Waals surface area contributed by atoms with E-state index in [0.29, 0.717) is 0 Å². The number of aryl methyl sites for hydroxylation is 1. The maximum atomic E-state index is 3.81. The summed E-state index contributed by atoms with van der Waals surface area (Å²) in [7, 11) is 0. The van der Waals surface area contributed by atoms with Crippen LogP contribution in [0.3, 0.4) is 0 Å². The lowest BCUT2D eigenvalue weighted by Crippen LogP contribution is -1.70. The normalized spacial score (nSPS) is 8.83. The highest BCUT2D eigenvalue weighted by Gasteiger charge is 1.59. The molecule has 0 atom stereocenters. The minimum absolute atomic E-state index is 0.843. The van der Waals surface area contributed by atoms with Crippen LogP contribution in [0.15, 0.2) is 12.4 Å². The van der Waals surface area contributed by atoms with Gasteiger partial charge in [-0.3, -0.25) is 0 Å². The van der Waals surface area contributed by atoms with Crippen molar-refractivity contribution in [2.75, 3.05) is 0 Å². The Morgan fingerprint density at radius 2 is 2.67 bits per heavy atom. The van der Waals surface area contributed by atoms with Gasteiger partial charge in [0.25, 0.3) is 0 Å². The summed E-state index contributed by atoms with van der Waals surface area (Å²) in [4.78, 5) is 7.61. The van der Waals surface area contributed by atoms with Crippen molar-refractivity contribution >= 4 is 0 Å². The van der Waals surface area contributed by atoms with Crippen LogP contribution in [0.5, 0.6) is 0 Å². The highest BCUT2D eigenvalue weighted by Crippen LogP contribution is 1.76. The molecule has 0 aromatic carbocycles. The molecule has 0 aliphatic carbocycles. The summed E-state index contributed by atoms with van der Waals surface area (Å²) in [5, 5.41) is 0. The van der Waals surface area contributed by atoms with E-state index >= 15 is 0 Å². The van der Waals surface area contributed by atoms with Crippen LogP contribution in [0.25, 0.3) is 0 Å². The van der Waals surface area contributed by atoms with Gasteiger partial charge in [-0.1, -0.05) is 18.2 Å². The average molecular weight is 81.1 g/mol. The maximum Gasteiger partial charge on any atom is -0.0477 e. The Morgan fingerprint density at radius 1 is 1.83 bits per heavy atom. The van der Waals surface area contributed by atoms with Gasteiger partial charge in [0.1, 0.15) is 0 Å². The fourth-order valence-electron chi connectivity index (χ4n) is 0.316. The lowest BCUT2D eigenvalue weighted by Gasteiger charge is -1.83. The van der Waals surface area contributed by atoms with Gasteiger partial charge in [-0.15, -0.1) is 0 Å². The van der Waals surface area contributed by atoms with Gasteiger partial charge < -0.3 is 9.97 Å². The monoisotopic (exact) mass is 81.0 g/mol. The van der Waals surface area contributed by atoms with Crippen LogP contribution in [0.1, 0.15) is 5.82 Å². The molecule has 1 heterocycles. The lowest BCUT2D eigenvalue weighted by atomic mass is 10.8. The molecule has 2 heteroatoms. The summed E-state index contributed by atoms with van der Waals surface area (Å²) < 4.78 is 0. The molecule has 0 bridgehead atoms. The average Bonchev–Trinajstić information content (AvgIpc) is 1.86. The summed E-state index contributed by atoms with van der Waals surface area (Å²) in [5.74, 6) is 0.843. The number of hydrogen-bond acceptors (Lipinski definition) is 1. The molecule has 0 fully saturated rings. The molecule has 0 spiro atoms. The van der Waals surface area contributed by atoms with Gasteiger partial charge in [-0.25, -0.2) is 0 Å². The van der Waals surface area contributed by atoms with Gasteiger partial charge in [0.15, 0.2) is 0 Å². The van der Waals surface area contributed by atoms with E-state index in [1.165, 1.54) is 0 Å². The molecular formula is C4H5N2-. The molecule has 0 aliphatic rings. The summed E-state index contributed by atoms with van der Waals surface area (Å²) >= 11 is 0. The van der Waals surface area contributed by atoms with Crippen LogP contribution in [0.4, 0.5) is 0 Å². The maximum absolute atomic E-state index is 3.81. The first-order valence-corrected chi connectivity index (χ1v) is 1.80. The summed E-state index contributed by atoms with van der Waals surface area (Å²) in [5.41, 5.74) is 0. The third kappa shape index (κ3) is 0.407. The van der Waals surface area contributed by atoms with Gasteiger partial charge in [0.2, 0.25) is 0 Å². The second kappa shape index (κ2) is 1.12. The standard InChI is InChI=1S/C4H5N2/c1-4-5-2-3-6-4/h2-3H,1H3/q-1. The van der Waals surface area contributed by atoms with E-state index in [1.54, 1.807) is 12.4 Å². The van der Waals surface area contributed by atoms with Crippen LogP contribution < -0.4 is 4.98 Å². The molecule has 1 aromatic heterocycles. The highest BCUT2D eigenvalue weighted by atomic mass is 14.9. The number of aromatic nitrogens is 2. The third-order valence-electron chi connectivity index (χ3n) is 0.589. The summed E-state index contributed by atoms with van der Waals surface area (Å²) in [6.45, 7) is 1.86. The Hall–Kier alpha value is -0.790. The fourth-order valence-corrected chi connectivity index (χ4v) is 0.316. The number of nitrogens with zero attached hydrogens (tertiary/aromatic N) is 2. The van der Waals surface area contributed by atoms with Gasteiger partial charge >= 0.3 is 0 Å². The van der Waals surface area contributed by atoms with Crippen molar-refractivity contribution in [3.8, 4) is 0 Å². The predicted octanol–water partition coefficient (Wildman–Crippen LogP) is 0.347. The SMILES string of the molecule is Cc1ncc[n-]1. The van der Waals surface area contributed by atoms with Crippen LogP contribution >= 0.6 is 0 Å². The molecule has 0 aliphatic heterocycles. The van der Waals surface area contributed by atoms with Gasteiger partial charge in [0, 0.05) is 0 Å². The quantitative estimate of drug-likeness (QED) is 0.450. The zero-order valence-corrected chi connectivity index (χ0v) is 3.55. The van der Waals surface area contributed by atoms with Gasteiger partial charge in [-0.2, -0.15) is 0 Å². The Balaban J connectivity index is 3.05. The Morgan fingerprint density at radius 3 is 2.83 bits per heavy atom. The van der Waals surface area contributed by atoms with Crippen molar-refractivity contribution < 1.29 is 0 Å². The minimum atomic E-state index is 0.843. The first-order chi connectivity index (χ1) is 2.89. The second-order valence-electron chi connectivity index (χ2n) is 1.10. The predicted molar refractivity (Wildman–Crippen MR) is 22.3 cm³/mol. The van der Waals surface area contributed by atoms with Crippen molar-refractivity contribution in [2.24, 2.45) is 0 Å². The second-order valence-corrected chi connectivity index (χ2v) is 1.10. The largest absolute Gasteiger partial charge is 0.447 e. The Labute approximate surface area is 36.2 Å². The topological polar surface area (TPSA) is 27.0 Å². The molecule has 0 N–H and O–H groups in total. The zero-order valence-electron chi connectivity index (χ0n) is 3.55. The van der Waals surface area contributed by atoms with Crippen LogP contribution in [0.2, 0.25) is 0 Å². The Bertz CT molecular complexity index is 109. The highest BCUT2D eigenvalue weighted by molar-refractivity contribution is 4.80. The van der Waals surface area contributed by atoms with Gasteiger partial charge in [-0.05, 0) is 6.92 Å². The molecule has 0 amide bonds. The van der Waals surface area contributed by atoms with Crippen molar-refractivity contribution in [1.82, 2.24) is 9.97 Å². The molecule has 1 rings (SSSR count). The molecule has 0 radical (unpaired) electrons. The van der Waals surface area contributed by atoms with Gasteiger partial charge in [0.05, 0.1) is 0 Å². The number of hydrogen-bond donors (Lipinski definition) is 0. The smallest absolute Gasteiger partial charge is 0.0477 e.